The number of ether oxygens (including phenoxy) is 6. The van der Waals surface area contributed by atoms with Gasteiger partial charge in [-0.25, -0.2) is 4.79 Å². The molecule has 18 atom stereocenters. The molecule has 0 aliphatic carbocycles. The Kier molecular flexibility index (Phi) is 23.0. The first-order valence-electron chi connectivity index (χ1n) is 33.2. The van der Waals surface area contributed by atoms with Crippen LogP contribution in [0.1, 0.15) is 111 Å². The molecule has 106 heavy (non-hydrogen) atoms. The number of aliphatic hydroxyl groups excluding tert-OH is 6. The summed E-state index contributed by atoms with van der Waals surface area (Å²) in [5.74, 6) is -15.8. The topological polar surface area (TPSA) is 544 Å². The molecule has 8 heterocycles. The van der Waals surface area contributed by atoms with E-state index >= 15 is 14.4 Å². The summed E-state index contributed by atoms with van der Waals surface area (Å²) in [7, 11) is 0. The van der Waals surface area contributed by atoms with E-state index in [0.29, 0.717) is 5.76 Å². The average molecular weight is 1520 g/mol. The van der Waals surface area contributed by atoms with E-state index in [1.807, 2.05) is 0 Å². The van der Waals surface area contributed by atoms with Crippen LogP contribution in [0.15, 0.2) is 102 Å². The van der Waals surface area contributed by atoms with Gasteiger partial charge in [-0.1, -0.05) is 55.2 Å². The highest BCUT2D eigenvalue weighted by atomic mass is 35.5. The quantitative estimate of drug-likeness (QED) is 0.0688. The van der Waals surface area contributed by atoms with E-state index in [4.69, 9.17) is 67.5 Å². The maximum absolute atomic E-state index is 16.1. The molecule has 0 radical (unpaired) electrons. The molecular formula is C70H77Cl2N9O25. The number of hydrogen-bond acceptors (Lipinski definition) is 26. The van der Waals surface area contributed by atoms with Crippen LogP contribution in [-0.4, -0.2) is 184 Å². The molecule has 13 rings (SSSR count). The van der Waals surface area contributed by atoms with Gasteiger partial charge in [0.25, 0.3) is 0 Å². The molecule has 2 saturated heterocycles. The lowest BCUT2D eigenvalue weighted by molar-refractivity contribution is -0.334. The fourth-order valence-corrected chi connectivity index (χ4v) is 13.6. The third kappa shape index (κ3) is 16.4. The van der Waals surface area contributed by atoms with Gasteiger partial charge in [0.15, 0.2) is 29.9 Å². The van der Waals surface area contributed by atoms with Gasteiger partial charge in [-0.05, 0) is 115 Å². The predicted octanol–water partition coefficient (Wildman–Crippen LogP) is 1.27. The van der Waals surface area contributed by atoms with E-state index in [1.54, 1.807) is 39.8 Å². The highest BCUT2D eigenvalue weighted by molar-refractivity contribution is 6.32. The second kappa shape index (κ2) is 31.6. The number of phenols is 3. The number of primary amides is 1. The minimum Gasteiger partial charge on any atom is -0.508 e. The van der Waals surface area contributed by atoms with Gasteiger partial charge >= 0.3 is 5.97 Å². The molecule has 7 aliphatic heterocycles. The summed E-state index contributed by atoms with van der Waals surface area (Å²) in [5.41, 5.74) is 7.86. The van der Waals surface area contributed by atoms with Crippen LogP contribution in [0.3, 0.4) is 0 Å². The number of carboxylic acid groups (broad SMARTS) is 1. The Morgan fingerprint density at radius 3 is 1.96 bits per heavy atom. The Morgan fingerprint density at radius 2 is 1.35 bits per heavy atom. The SMILES string of the molecule is CC(C)C[C@@H](N)C(=O)N[C@H]1C(=O)N[C@@H](CC(N)=O)C(=O)N[C@H]2C(=O)N[C@H]3C(=O)N[C@H](C(=O)N[C@H](C(=O)O)c4cc(O)cc(O)c4-c4cc3ccc4O)[C@H](O)c3ccc(c(Cl)c3)Oc3cc2cc(c3O[C@@H]2O[C@H](CO)[C@@H](O)[C@H](O)[C@H]2O[C@H]2C[C@](C)(NCc3ccco3)[C@H](O)[C@H](C)O2)Oc2ccc(cc2Cl)[C@H]1O. The molecule has 7 aliphatic rings. The number of aliphatic hydroxyl groups is 6. The van der Waals surface area contributed by atoms with Crippen LogP contribution in [0.25, 0.3) is 11.1 Å². The van der Waals surface area contributed by atoms with Gasteiger partial charge in [-0.3, -0.25) is 33.6 Å². The Hall–Kier alpha value is -9.92. The van der Waals surface area contributed by atoms with Crippen molar-refractivity contribution in [2.75, 3.05) is 6.61 Å². The molecule has 7 amide bonds. The number of phenolic OH excluding ortho intramolecular Hbond substituents is 3. The number of carbonyl (C=O) groups is 8. The minimum absolute atomic E-state index is 0.0713. The number of aliphatic carboxylic acids is 1. The van der Waals surface area contributed by atoms with Gasteiger partial charge in [0.05, 0.1) is 54.1 Å². The Balaban J connectivity index is 1.14. The number of carboxylic acids is 1. The molecule has 2 fully saturated rings. The Labute approximate surface area is 612 Å². The van der Waals surface area contributed by atoms with Crippen LogP contribution in [-0.2, 0) is 59.1 Å². The zero-order valence-corrected chi connectivity index (χ0v) is 58.2. The van der Waals surface area contributed by atoms with Crippen molar-refractivity contribution in [3.63, 3.8) is 0 Å². The largest absolute Gasteiger partial charge is 0.508 e. The van der Waals surface area contributed by atoms with E-state index in [9.17, 15) is 75.0 Å². The fourth-order valence-electron chi connectivity index (χ4n) is 13.1. The second-order valence-electron chi connectivity index (χ2n) is 26.8. The van der Waals surface area contributed by atoms with E-state index < -0.39 is 237 Å². The van der Waals surface area contributed by atoms with E-state index in [0.717, 1.165) is 66.7 Å². The average Bonchev–Trinajstić information content (AvgIpc) is 0.787. The third-order valence-corrected chi connectivity index (χ3v) is 19.3. The van der Waals surface area contributed by atoms with E-state index in [-0.39, 0.29) is 52.8 Å². The Morgan fingerprint density at radius 1 is 0.717 bits per heavy atom. The number of halogens is 2. The summed E-state index contributed by atoms with van der Waals surface area (Å²) in [6, 6.07) is 2.21. The second-order valence-corrected chi connectivity index (χ2v) is 27.6. The number of benzene rings is 5. The molecule has 5 aromatic carbocycles. The third-order valence-electron chi connectivity index (χ3n) is 18.7. The van der Waals surface area contributed by atoms with Gasteiger partial charge in [-0.2, -0.15) is 0 Å². The van der Waals surface area contributed by atoms with Crippen molar-refractivity contribution >= 4 is 70.5 Å². The molecule has 0 unspecified atom stereocenters. The van der Waals surface area contributed by atoms with Crippen molar-refractivity contribution < 1.29 is 122 Å². The lowest BCUT2D eigenvalue weighted by Gasteiger charge is -2.48. The standard InChI is InChI=1S/C70H77Cl2N9O25/c1-26(2)14-38(73)62(92)80-53-55(87)29-8-11-42(36(71)16-29)102-44-18-31-19-45(59(44)106-69-60(58(90)57(89)46(25-82)104-69)105-48-23-70(4,61(91)27(3)101-48)75-24-33-6-5-13-100-33)103-43-12-9-30(17-37(43)72)56(88)54-67(97)79-52(68(98)99)35-20-32(83)21-41(85)49(35)34-15-28(7-10-40(34)84)50(64(94)81-54)78-65(95)51(31)77-63(93)39(22-47(74)86)76-66(53)96/h5-13,15-21,26-27,38-39,46,48,50-58,60-61,69,75,82-85,87-91H,14,22-25,73H2,1-4H3,(H2,74,86)(H,76,96)(H,77,93)(H,78,95)(H,79,97)(H,80,92)(H,81,94)(H,98,99)/t27-,38+,39-,46+,48-,50+,51+,52-,53+,54-,55+,56+,57+,58-,60+,61+,69-,70-/m0/s1. The first-order valence-corrected chi connectivity index (χ1v) is 34.0. The number of carbonyl (C=O) groups excluding carboxylic acids is 7. The van der Waals surface area contributed by atoms with Crippen LogP contribution in [0.5, 0.6) is 46.0 Å². The molecule has 1 aromatic heterocycles. The number of nitrogens with two attached hydrogens (primary N) is 2. The maximum Gasteiger partial charge on any atom is 0.330 e. The van der Waals surface area contributed by atoms with Gasteiger partial charge in [0, 0.05) is 34.7 Å². The summed E-state index contributed by atoms with van der Waals surface area (Å²) in [6.07, 6.45) is -17.3. The molecule has 36 heteroatoms. The van der Waals surface area contributed by atoms with Crippen molar-refractivity contribution in [3.05, 3.63) is 141 Å². The maximum atomic E-state index is 16.1. The fraction of sp³-hybridized carbons (Fsp3) is 0.400. The zero-order chi connectivity index (χ0) is 76.7. The summed E-state index contributed by atoms with van der Waals surface area (Å²) >= 11 is 14.2. The molecule has 21 N–H and O–H groups in total. The molecule has 0 saturated carbocycles. The first-order chi connectivity index (χ1) is 50.2. The zero-order valence-electron chi connectivity index (χ0n) is 56.7. The van der Waals surface area contributed by atoms with Crippen LogP contribution in [0.4, 0.5) is 0 Å². The number of furan rings is 1. The number of aromatic hydroxyl groups is 3. The van der Waals surface area contributed by atoms with Crippen LogP contribution in [0, 0.1) is 5.92 Å². The van der Waals surface area contributed by atoms with Gasteiger partial charge < -0.3 is 133 Å². The van der Waals surface area contributed by atoms with Gasteiger partial charge in [0.2, 0.25) is 53.4 Å². The first kappa shape index (κ1) is 77.2. The van der Waals surface area contributed by atoms with Crippen molar-refractivity contribution in [1.82, 2.24) is 37.2 Å². The number of rotatable bonds is 15. The number of fused-ring (bicyclic) bond motifs is 15. The lowest BCUT2D eigenvalue weighted by atomic mass is 9.85. The summed E-state index contributed by atoms with van der Waals surface area (Å²) in [4.78, 5) is 117. The summed E-state index contributed by atoms with van der Waals surface area (Å²) < 4.78 is 44.5. The number of amides is 7. The van der Waals surface area contributed by atoms with Crippen LogP contribution < -0.4 is 62.9 Å². The number of nitrogens with one attached hydrogen (secondary N) is 7. The number of hydrogen-bond donors (Lipinski definition) is 19. The van der Waals surface area contributed by atoms with Crippen molar-refractivity contribution in [2.45, 2.75) is 163 Å². The Bertz CT molecular complexity index is 4380. The molecular weight excluding hydrogens is 1440 g/mol. The normalized spacial score (nSPS) is 28.6. The molecule has 0 spiro atoms. The summed E-state index contributed by atoms with van der Waals surface area (Å²) in [5, 5.41) is 132. The van der Waals surface area contributed by atoms with Crippen molar-refractivity contribution in [2.24, 2.45) is 17.4 Å². The molecule has 6 aromatic rings. The molecule has 34 nitrogen and oxygen atoms in total. The summed E-state index contributed by atoms with van der Waals surface area (Å²) in [6.45, 7) is 5.87. The van der Waals surface area contributed by atoms with Crippen molar-refractivity contribution in [3.8, 4) is 57.1 Å². The van der Waals surface area contributed by atoms with Gasteiger partial charge in [0.1, 0.15) is 95.2 Å². The lowest BCUT2D eigenvalue weighted by Crippen LogP contribution is -2.65. The van der Waals surface area contributed by atoms with Gasteiger partial charge in [-0.15, -0.1) is 0 Å². The predicted molar refractivity (Wildman–Crippen MR) is 366 cm³/mol. The monoisotopic (exact) mass is 1510 g/mol. The van der Waals surface area contributed by atoms with Crippen LogP contribution >= 0.6 is 23.2 Å². The smallest absolute Gasteiger partial charge is 0.330 e. The van der Waals surface area contributed by atoms with Crippen molar-refractivity contribution in [1.29, 1.82) is 0 Å². The van der Waals surface area contributed by atoms with E-state index in [1.165, 1.54) is 18.4 Å². The molecule has 566 valence electrons. The minimum atomic E-state index is -2.36. The highest BCUT2D eigenvalue weighted by Crippen LogP contribution is 2.50. The van der Waals surface area contributed by atoms with E-state index in [2.05, 4.69) is 37.2 Å². The highest BCUT2D eigenvalue weighted by Gasteiger charge is 2.52. The molecule has 11 bridgehead atoms. The van der Waals surface area contributed by atoms with Crippen LogP contribution in [0.2, 0.25) is 10.0 Å².